The smallest absolute Gasteiger partial charge is 0.220 e. The molecule has 3 N–H and O–H groups in total. The van der Waals surface area contributed by atoms with E-state index in [4.69, 9.17) is 0 Å². The van der Waals surface area contributed by atoms with Crippen LogP contribution in [0.3, 0.4) is 0 Å². The Balaban J connectivity index is 3.64. The van der Waals surface area contributed by atoms with Gasteiger partial charge in [0.25, 0.3) is 0 Å². The van der Waals surface area contributed by atoms with Gasteiger partial charge in [-0.1, -0.05) is 172 Å². The Kier molecular flexibility index (Phi) is 34.9. The van der Waals surface area contributed by atoms with Gasteiger partial charge in [0, 0.05) is 6.42 Å². The molecule has 44 heavy (non-hydrogen) atoms. The summed E-state index contributed by atoms with van der Waals surface area (Å²) in [5, 5.41) is 22.9. The highest BCUT2D eigenvalue weighted by Gasteiger charge is 2.17. The van der Waals surface area contributed by atoms with Gasteiger partial charge in [-0.25, -0.2) is 0 Å². The summed E-state index contributed by atoms with van der Waals surface area (Å²) in [5.41, 5.74) is 0. The number of carbonyl (C=O) groups excluding carboxylic acids is 1. The zero-order valence-corrected chi connectivity index (χ0v) is 29.4. The van der Waals surface area contributed by atoms with Crippen molar-refractivity contribution in [2.45, 2.75) is 206 Å². The molecular weight excluding hydrogens is 542 g/mol. The van der Waals surface area contributed by atoms with Gasteiger partial charge in [0.15, 0.2) is 0 Å². The zero-order chi connectivity index (χ0) is 32.2. The number of hydrogen-bond acceptors (Lipinski definition) is 3. The zero-order valence-electron chi connectivity index (χ0n) is 29.4. The third-order valence-corrected chi connectivity index (χ3v) is 8.62. The van der Waals surface area contributed by atoms with Crippen molar-refractivity contribution in [3.05, 3.63) is 36.5 Å². The first-order valence-electron chi connectivity index (χ1n) is 19.2. The van der Waals surface area contributed by atoms with E-state index in [0.717, 1.165) is 44.9 Å². The molecule has 0 aromatic heterocycles. The molecule has 0 saturated carbocycles. The summed E-state index contributed by atoms with van der Waals surface area (Å²) in [4.78, 5) is 12.3. The lowest BCUT2D eigenvalue weighted by Crippen LogP contribution is -2.45. The molecule has 0 unspecified atom stereocenters. The van der Waals surface area contributed by atoms with Gasteiger partial charge in [-0.3, -0.25) is 4.79 Å². The quantitative estimate of drug-likeness (QED) is 0.0497. The summed E-state index contributed by atoms with van der Waals surface area (Å²) in [6.07, 6.45) is 46.6. The second-order valence-corrected chi connectivity index (χ2v) is 13.0. The summed E-state index contributed by atoms with van der Waals surface area (Å²) < 4.78 is 0. The molecule has 258 valence electrons. The lowest BCUT2D eigenvalue weighted by molar-refractivity contribution is -0.123. The van der Waals surface area contributed by atoms with Crippen LogP contribution >= 0.6 is 0 Å². The Labute approximate surface area is 274 Å². The highest BCUT2D eigenvalue weighted by molar-refractivity contribution is 5.76. The molecule has 0 aliphatic rings. The Morgan fingerprint density at radius 3 is 1.41 bits per heavy atom. The van der Waals surface area contributed by atoms with E-state index >= 15 is 0 Å². The second kappa shape index (κ2) is 36.1. The Morgan fingerprint density at radius 1 is 0.545 bits per heavy atom. The van der Waals surface area contributed by atoms with Crippen LogP contribution < -0.4 is 5.32 Å². The van der Waals surface area contributed by atoms with Crippen molar-refractivity contribution in [2.24, 2.45) is 0 Å². The van der Waals surface area contributed by atoms with E-state index in [1.54, 1.807) is 6.08 Å². The summed E-state index contributed by atoms with van der Waals surface area (Å²) >= 11 is 0. The van der Waals surface area contributed by atoms with Gasteiger partial charge in [0.1, 0.15) is 0 Å². The van der Waals surface area contributed by atoms with Crippen LogP contribution in [0.25, 0.3) is 0 Å². The van der Waals surface area contributed by atoms with Crippen LogP contribution in [0.1, 0.15) is 194 Å². The van der Waals surface area contributed by atoms with Gasteiger partial charge in [0.05, 0.1) is 18.8 Å². The molecule has 0 aromatic rings. The first-order chi connectivity index (χ1) is 21.7. The number of hydrogen-bond donors (Lipinski definition) is 3. The van der Waals surface area contributed by atoms with Crippen LogP contribution in [0.4, 0.5) is 0 Å². The van der Waals surface area contributed by atoms with E-state index < -0.39 is 12.1 Å². The van der Waals surface area contributed by atoms with Crippen LogP contribution in [0.15, 0.2) is 36.5 Å². The van der Waals surface area contributed by atoms with Crippen LogP contribution in [0.2, 0.25) is 0 Å². The van der Waals surface area contributed by atoms with Gasteiger partial charge in [-0.2, -0.15) is 0 Å². The van der Waals surface area contributed by atoms with Crippen LogP contribution in [0.5, 0.6) is 0 Å². The number of rotatable bonds is 34. The molecule has 0 saturated heterocycles. The molecule has 0 aliphatic heterocycles. The van der Waals surface area contributed by atoms with Gasteiger partial charge in [0.2, 0.25) is 5.91 Å². The lowest BCUT2D eigenvalue weighted by atomic mass is 10.0. The number of carbonyl (C=O) groups is 1. The molecule has 0 aliphatic carbocycles. The maximum absolute atomic E-state index is 12.3. The number of aliphatic hydroxyl groups excluding tert-OH is 2. The fourth-order valence-electron chi connectivity index (χ4n) is 5.62. The molecule has 0 heterocycles. The van der Waals surface area contributed by atoms with Gasteiger partial charge >= 0.3 is 0 Å². The largest absolute Gasteiger partial charge is 0.394 e. The lowest BCUT2D eigenvalue weighted by Gasteiger charge is -2.20. The van der Waals surface area contributed by atoms with Gasteiger partial charge < -0.3 is 15.5 Å². The van der Waals surface area contributed by atoms with E-state index in [2.05, 4.69) is 43.5 Å². The van der Waals surface area contributed by atoms with Crippen molar-refractivity contribution in [1.82, 2.24) is 5.32 Å². The third-order valence-electron chi connectivity index (χ3n) is 8.62. The molecule has 2 atom stereocenters. The fourth-order valence-corrected chi connectivity index (χ4v) is 5.62. The Morgan fingerprint density at radius 2 is 0.932 bits per heavy atom. The molecule has 0 radical (unpaired) electrons. The molecule has 0 bridgehead atoms. The minimum absolute atomic E-state index is 0.0791. The monoisotopic (exact) mass is 618 g/mol. The van der Waals surface area contributed by atoms with Crippen LogP contribution in [-0.2, 0) is 4.79 Å². The molecule has 0 fully saturated rings. The summed E-state index contributed by atoms with van der Waals surface area (Å²) in [5.74, 6) is -0.0791. The highest BCUT2D eigenvalue weighted by Crippen LogP contribution is 2.14. The minimum Gasteiger partial charge on any atom is -0.394 e. The SMILES string of the molecule is CCCCC/C=C/C/C=C/CCCCCCCC(=O)N[C@@H](CO)[C@H](O)/C=C/CCCCCCCCCCCCCCCCC. The number of unbranched alkanes of at least 4 members (excludes halogenated alkanes) is 23. The van der Waals surface area contributed by atoms with E-state index in [1.165, 1.54) is 128 Å². The minimum atomic E-state index is -0.843. The number of aliphatic hydroxyl groups is 2. The van der Waals surface area contributed by atoms with Crippen molar-refractivity contribution in [2.75, 3.05) is 6.61 Å². The number of amides is 1. The molecule has 0 rings (SSSR count). The molecule has 4 nitrogen and oxygen atoms in total. The maximum atomic E-state index is 12.3. The summed E-state index contributed by atoms with van der Waals surface area (Å²) in [7, 11) is 0. The first-order valence-corrected chi connectivity index (χ1v) is 19.2. The van der Waals surface area contributed by atoms with Crippen molar-refractivity contribution < 1.29 is 15.0 Å². The van der Waals surface area contributed by atoms with Crippen molar-refractivity contribution in [3.63, 3.8) is 0 Å². The third kappa shape index (κ3) is 32.0. The molecule has 0 spiro atoms. The van der Waals surface area contributed by atoms with Crippen molar-refractivity contribution in [3.8, 4) is 0 Å². The summed E-state index contributed by atoms with van der Waals surface area (Å²) in [6.45, 7) is 4.27. The van der Waals surface area contributed by atoms with Crippen LogP contribution in [0, 0.1) is 0 Å². The topological polar surface area (TPSA) is 69.6 Å². The van der Waals surface area contributed by atoms with Crippen LogP contribution in [-0.4, -0.2) is 34.9 Å². The maximum Gasteiger partial charge on any atom is 0.220 e. The highest BCUT2D eigenvalue weighted by atomic mass is 16.3. The van der Waals surface area contributed by atoms with Crippen molar-refractivity contribution in [1.29, 1.82) is 0 Å². The summed E-state index contributed by atoms with van der Waals surface area (Å²) in [6, 6.07) is -0.627. The predicted molar refractivity (Wildman–Crippen MR) is 193 cm³/mol. The number of nitrogens with one attached hydrogen (secondary N) is 1. The number of allylic oxidation sites excluding steroid dienone is 5. The van der Waals surface area contributed by atoms with E-state index in [9.17, 15) is 15.0 Å². The normalized spacial score (nSPS) is 13.5. The average Bonchev–Trinajstić information content (AvgIpc) is 3.03. The average molecular weight is 618 g/mol. The molecule has 0 aromatic carbocycles. The fraction of sp³-hybridized carbons (Fsp3) is 0.825. The van der Waals surface area contributed by atoms with E-state index in [0.29, 0.717) is 6.42 Å². The first kappa shape index (κ1) is 42.6. The van der Waals surface area contributed by atoms with Crippen molar-refractivity contribution >= 4 is 5.91 Å². The predicted octanol–water partition coefficient (Wildman–Crippen LogP) is 11.5. The standard InChI is InChI=1S/C40H75NO3/c1-3-5-7-9-11-13-15-17-19-20-22-23-25-27-29-31-33-35-39(43)38(37-42)41-40(44)36-34-32-30-28-26-24-21-18-16-14-12-10-8-6-4-2/h12,14,18,21,33,35,38-39,42-43H,3-11,13,15-17,19-20,22-32,34,36-37H2,1-2H3,(H,41,44)/b14-12+,21-18+,35-33+/t38-,39+/m0/s1. The second-order valence-electron chi connectivity index (χ2n) is 13.0. The van der Waals surface area contributed by atoms with Gasteiger partial charge in [-0.15, -0.1) is 0 Å². The molecule has 1 amide bonds. The van der Waals surface area contributed by atoms with E-state index in [1.807, 2.05) is 6.08 Å². The Bertz CT molecular complexity index is 672. The Hall–Kier alpha value is -1.39. The molecule has 4 heteroatoms. The molecular formula is C40H75NO3. The van der Waals surface area contributed by atoms with Gasteiger partial charge in [-0.05, 0) is 51.4 Å². The van der Waals surface area contributed by atoms with E-state index in [-0.39, 0.29) is 12.5 Å².